The smallest absolute Gasteiger partial charge is 0.295 e. The van der Waals surface area contributed by atoms with Gasteiger partial charge in [0.25, 0.3) is 0 Å². The van der Waals surface area contributed by atoms with Crippen LogP contribution in [0.25, 0.3) is 0 Å². The number of ketones is 1. The number of unbranched alkanes of at least 4 members (excludes halogenated alkanes) is 12. The molecule has 0 spiro atoms. The Bertz CT molecular complexity index is 297. The fourth-order valence-corrected chi connectivity index (χ4v) is 2.67. The summed E-state index contributed by atoms with van der Waals surface area (Å²) >= 11 is 0. The van der Waals surface area contributed by atoms with Crippen LogP contribution >= 0.6 is 0 Å². The van der Waals surface area contributed by atoms with Crippen molar-refractivity contribution < 1.29 is 18.0 Å². The summed E-state index contributed by atoms with van der Waals surface area (Å²) in [7, 11) is 0. The number of hydrogen-bond donors (Lipinski definition) is 0. The summed E-state index contributed by atoms with van der Waals surface area (Å²) in [6, 6.07) is 0. The van der Waals surface area contributed by atoms with Crippen molar-refractivity contribution in [3.8, 4) is 0 Å². The standard InChI is InChI=1S/C19H33F3O/c1-2-18(23)16-14-12-10-8-6-4-3-5-7-9-11-13-15-17-19(20,21)22/h2H,1,3-17H2. The minimum Gasteiger partial charge on any atom is -0.295 e. The van der Waals surface area contributed by atoms with Crippen LogP contribution in [0.2, 0.25) is 0 Å². The SMILES string of the molecule is C=CC(=O)CCCCCCCCCCCCCCCC(F)(F)F. The first kappa shape index (κ1) is 22.2. The Morgan fingerprint density at radius 2 is 1.04 bits per heavy atom. The van der Waals surface area contributed by atoms with Gasteiger partial charge in [-0.3, -0.25) is 4.79 Å². The number of hydrogen-bond acceptors (Lipinski definition) is 1. The third kappa shape index (κ3) is 19.2. The maximum Gasteiger partial charge on any atom is 0.389 e. The van der Waals surface area contributed by atoms with Crippen LogP contribution in [0.5, 0.6) is 0 Å². The van der Waals surface area contributed by atoms with Crippen molar-refractivity contribution in [3.05, 3.63) is 12.7 Å². The highest BCUT2D eigenvalue weighted by atomic mass is 19.4. The van der Waals surface area contributed by atoms with Crippen LogP contribution in [0.15, 0.2) is 12.7 Å². The lowest BCUT2D eigenvalue weighted by Gasteiger charge is -2.05. The topological polar surface area (TPSA) is 17.1 Å². The Morgan fingerprint density at radius 1 is 0.696 bits per heavy atom. The van der Waals surface area contributed by atoms with E-state index in [1.165, 1.54) is 44.6 Å². The maximum atomic E-state index is 11.9. The zero-order valence-electron chi connectivity index (χ0n) is 14.4. The second-order valence-corrected chi connectivity index (χ2v) is 6.38. The van der Waals surface area contributed by atoms with Gasteiger partial charge >= 0.3 is 6.18 Å². The third-order valence-electron chi connectivity index (χ3n) is 4.11. The van der Waals surface area contributed by atoms with Crippen molar-refractivity contribution >= 4 is 5.78 Å². The summed E-state index contributed by atoms with van der Waals surface area (Å²) in [4.78, 5) is 11.0. The minimum absolute atomic E-state index is 0.142. The van der Waals surface area contributed by atoms with E-state index in [-0.39, 0.29) is 12.2 Å². The molecule has 0 rings (SSSR count). The quantitative estimate of drug-likeness (QED) is 0.216. The average molecular weight is 334 g/mol. The Kier molecular flexibility index (Phi) is 14.3. The largest absolute Gasteiger partial charge is 0.389 e. The fraction of sp³-hybridized carbons (Fsp3) is 0.842. The minimum atomic E-state index is -3.98. The van der Waals surface area contributed by atoms with Gasteiger partial charge in [0.15, 0.2) is 5.78 Å². The normalized spacial score (nSPS) is 11.6. The van der Waals surface area contributed by atoms with Crippen molar-refractivity contribution in [1.82, 2.24) is 0 Å². The van der Waals surface area contributed by atoms with Crippen LogP contribution in [0.3, 0.4) is 0 Å². The third-order valence-corrected chi connectivity index (χ3v) is 4.11. The van der Waals surface area contributed by atoms with Gasteiger partial charge in [-0.1, -0.05) is 77.2 Å². The summed E-state index contributed by atoms with van der Waals surface area (Å²) in [6.07, 6.45) is 11.0. The Morgan fingerprint density at radius 3 is 1.39 bits per heavy atom. The van der Waals surface area contributed by atoms with E-state index < -0.39 is 12.6 Å². The molecule has 0 atom stereocenters. The van der Waals surface area contributed by atoms with E-state index >= 15 is 0 Å². The van der Waals surface area contributed by atoms with Crippen molar-refractivity contribution in [2.75, 3.05) is 0 Å². The number of carbonyl (C=O) groups excluding carboxylic acids is 1. The van der Waals surface area contributed by atoms with Gasteiger partial charge < -0.3 is 0 Å². The molecule has 4 heteroatoms. The Labute approximate surface area is 139 Å². The summed E-state index contributed by atoms with van der Waals surface area (Å²) in [6.45, 7) is 3.46. The summed E-state index contributed by atoms with van der Waals surface area (Å²) < 4.78 is 35.8. The number of allylic oxidation sites excluding steroid dienone is 1. The van der Waals surface area contributed by atoms with Gasteiger partial charge in [0.1, 0.15) is 0 Å². The molecule has 0 aromatic carbocycles. The highest BCUT2D eigenvalue weighted by Gasteiger charge is 2.25. The van der Waals surface area contributed by atoms with Gasteiger partial charge in [0.05, 0.1) is 0 Å². The van der Waals surface area contributed by atoms with Gasteiger partial charge in [-0.05, 0) is 18.9 Å². The molecule has 0 amide bonds. The first-order valence-electron chi connectivity index (χ1n) is 9.18. The summed E-state index contributed by atoms with van der Waals surface area (Å²) in [5.74, 6) is 0.142. The molecule has 0 N–H and O–H groups in total. The van der Waals surface area contributed by atoms with Crippen LogP contribution in [-0.2, 0) is 4.79 Å². The summed E-state index contributed by atoms with van der Waals surface area (Å²) in [5.41, 5.74) is 0. The number of alkyl halides is 3. The zero-order valence-corrected chi connectivity index (χ0v) is 14.4. The molecule has 0 saturated heterocycles. The molecular formula is C19H33F3O. The fourth-order valence-electron chi connectivity index (χ4n) is 2.67. The average Bonchev–Trinajstić information content (AvgIpc) is 2.49. The van der Waals surface area contributed by atoms with E-state index in [2.05, 4.69) is 6.58 Å². The molecule has 1 nitrogen and oxygen atoms in total. The van der Waals surface area contributed by atoms with E-state index in [0.717, 1.165) is 32.1 Å². The Balaban J connectivity index is 3.08. The van der Waals surface area contributed by atoms with Crippen LogP contribution in [-0.4, -0.2) is 12.0 Å². The van der Waals surface area contributed by atoms with E-state index in [1.807, 2.05) is 0 Å². The molecule has 0 radical (unpaired) electrons. The van der Waals surface area contributed by atoms with E-state index in [9.17, 15) is 18.0 Å². The van der Waals surface area contributed by atoms with E-state index in [1.54, 1.807) is 0 Å². The molecule has 0 aromatic rings. The molecule has 0 saturated carbocycles. The predicted molar refractivity (Wildman–Crippen MR) is 90.5 cm³/mol. The maximum absolute atomic E-state index is 11.9. The van der Waals surface area contributed by atoms with Gasteiger partial charge in [0, 0.05) is 12.8 Å². The molecule has 0 fully saturated rings. The first-order valence-corrected chi connectivity index (χ1v) is 9.18. The molecule has 0 unspecified atom stereocenters. The van der Waals surface area contributed by atoms with Gasteiger partial charge in [-0.2, -0.15) is 13.2 Å². The molecule has 0 aliphatic rings. The van der Waals surface area contributed by atoms with Crippen LogP contribution in [0, 0.1) is 0 Å². The number of halogens is 3. The van der Waals surface area contributed by atoms with Crippen LogP contribution in [0.1, 0.15) is 96.3 Å². The Hall–Kier alpha value is -0.800. The monoisotopic (exact) mass is 334 g/mol. The van der Waals surface area contributed by atoms with Crippen LogP contribution in [0.4, 0.5) is 13.2 Å². The van der Waals surface area contributed by atoms with Crippen molar-refractivity contribution in [1.29, 1.82) is 0 Å². The summed E-state index contributed by atoms with van der Waals surface area (Å²) in [5, 5.41) is 0. The molecule has 0 aliphatic heterocycles. The second-order valence-electron chi connectivity index (χ2n) is 6.38. The highest BCUT2D eigenvalue weighted by Crippen LogP contribution is 2.23. The molecule has 0 aromatic heterocycles. The van der Waals surface area contributed by atoms with Crippen molar-refractivity contribution in [3.63, 3.8) is 0 Å². The van der Waals surface area contributed by atoms with E-state index in [0.29, 0.717) is 12.8 Å². The molecule has 0 heterocycles. The van der Waals surface area contributed by atoms with E-state index in [4.69, 9.17) is 0 Å². The number of rotatable bonds is 16. The van der Waals surface area contributed by atoms with Crippen LogP contribution < -0.4 is 0 Å². The molecule has 0 bridgehead atoms. The second kappa shape index (κ2) is 14.8. The molecular weight excluding hydrogens is 301 g/mol. The van der Waals surface area contributed by atoms with Crippen molar-refractivity contribution in [2.24, 2.45) is 0 Å². The zero-order chi connectivity index (χ0) is 17.4. The lowest BCUT2D eigenvalue weighted by atomic mass is 10.0. The predicted octanol–water partition coefficient (Wildman–Crippen LogP) is 7.16. The highest BCUT2D eigenvalue weighted by molar-refractivity contribution is 5.88. The lowest BCUT2D eigenvalue weighted by Crippen LogP contribution is -2.06. The molecule has 136 valence electrons. The van der Waals surface area contributed by atoms with Crippen molar-refractivity contribution in [2.45, 2.75) is 102 Å². The van der Waals surface area contributed by atoms with Gasteiger partial charge in [-0.15, -0.1) is 0 Å². The lowest BCUT2D eigenvalue weighted by molar-refractivity contribution is -0.135. The molecule has 0 aliphatic carbocycles. The number of carbonyl (C=O) groups is 1. The van der Waals surface area contributed by atoms with Gasteiger partial charge in [-0.25, -0.2) is 0 Å². The first-order chi connectivity index (χ1) is 11.0. The molecule has 23 heavy (non-hydrogen) atoms. The van der Waals surface area contributed by atoms with Gasteiger partial charge in [0.2, 0.25) is 0 Å².